The number of aromatic nitrogens is 2. The van der Waals surface area contributed by atoms with Crippen molar-refractivity contribution in [3.8, 4) is 0 Å². The quantitative estimate of drug-likeness (QED) is 0.855. The minimum absolute atomic E-state index is 0.706. The molecule has 0 aliphatic carbocycles. The Bertz CT molecular complexity index is 471. The number of anilines is 1. The maximum atomic E-state index is 10.4. The molecular formula is C15H21N3O2. The molecule has 0 spiro atoms. The van der Waals surface area contributed by atoms with E-state index in [1.807, 2.05) is 0 Å². The molecule has 0 amide bonds. The van der Waals surface area contributed by atoms with Crippen LogP contribution in [0.2, 0.25) is 0 Å². The Morgan fingerprint density at radius 1 is 1.40 bits per heavy atom. The molecule has 20 heavy (non-hydrogen) atoms. The van der Waals surface area contributed by atoms with Gasteiger partial charge in [-0.2, -0.15) is 0 Å². The van der Waals surface area contributed by atoms with Gasteiger partial charge in [-0.1, -0.05) is 13.3 Å². The first kappa shape index (κ1) is 14.5. The molecule has 108 valence electrons. The Balaban J connectivity index is 2.00. The molecule has 1 unspecified atom stereocenters. The molecule has 1 aromatic heterocycles. The third-order valence-corrected chi connectivity index (χ3v) is 3.78. The lowest BCUT2D eigenvalue weighted by Gasteiger charge is -2.20. The third kappa shape index (κ3) is 4.05. The van der Waals surface area contributed by atoms with Crippen molar-refractivity contribution in [1.82, 2.24) is 9.97 Å². The number of hydrogen-bond donors (Lipinski definition) is 1. The molecule has 0 radical (unpaired) electrons. The van der Waals surface area contributed by atoms with Crippen LogP contribution < -0.4 is 4.90 Å². The highest BCUT2D eigenvalue weighted by Gasteiger charge is 2.17. The molecule has 2 heterocycles. The second kappa shape index (κ2) is 7.03. The highest BCUT2D eigenvalue weighted by molar-refractivity contribution is 5.85. The number of nitrogens with zero attached hydrogens (tertiary/aromatic N) is 3. The van der Waals surface area contributed by atoms with Crippen LogP contribution in [0.1, 0.15) is 38.2 Å². The summed E-state index contributed by atoms with van der Waals surface area (Å²) in [5, 5.41) is 8.58. The monoisotopic (exact) mass is 275 g/mol. The Kier molecular flexibility index (Phi) is 5.09. The van der Waals surface area contributed by atoms with Gasteiger partial charge in [-0.25, -0.2) is 14.8 Å². The summed E-state index contributed by atoms with van der Waals surface area (Å²) < 4.78 is 0. The lowest BCUT2D eigenvalue weighted by atomic mass is 9.98. The van der Waals surface area contributed by atoms with Crippen molar-refractivity contribution in [1.29, 1.82) is 0 Å². The van der Waals surface area contributed by atoms with E-state index in [2.05, 4.69) is 21.8 Å². The fraction of sp³-hybridized carbons (Fsp3) is 0.533. The zero-order valence-electron chi connectivity index (χ0n) is 11.8. The zero-order valence-corrected chi connectivity index (χ0v) is 11.8. The van der Waals surface area contributed by atoms with Gasteiger partial charge in [-0.3, -0.25) is 0 Å². The third-order valence-electron chi connectivity index (χ3n) is 3.78. The van der Waals surface area contributed by atoms with Crippen molar-refractivity contribution in [2.24, 2.45) is 5.92 Å². The van der Waals surface area contributed by atoms with Crippen molar-refractivity contribution in [3.63, 3.8) is 0 Å². The highest BCUT2D eigenvalue weighted by Crippen LogP contribution is 2.22. The summed E-state index contributed by atoms with van der Waals surface area (Å²) in [6.07, 6.45) is 10.8. The van der Waals surface area contributed by atoms with Crippen LogP contribution in [0.25, 0.3) is 6.08 Å². The summed E-state index contributed by atoms with van der Waals surface area (Å²) in [4.78, 5) is 21.4. The highest BCUT2D eigenvalue weighted by atomic mass is 16.4. The standard InChI is InChI=1S/C15H21N3O2/c1-2-12-4-3-8-18(9-7-12)15-16-10-13(11-17-15)5-6-14(19)20/h5-6,10-12H,2-4,7-9H2,1H3,(H,19,20)/b6-5+. The predicted octanol–water partition coefficient (Wildman–Crippen LogP) is 2.59. The van der Waals surface area contributed by atoms with E-state index in [0.717, 1.165) is 31.0 Å². The van der Waals surface area contributed by atoms with Gasteiger partial charge < -0.3 is 10.0 Å². The van der Waals surface area contributed by atoms with E-state index < -0.39 is 5.97 Å². The van der Waals surface area contributed by atoms with Crippen molar-refractivity contribution < 1.29 is 9.90 Å². The number of hydrogen-bond acceptors (Lipinski definition) is 4. The molecule has 5 heteroatoms. The minimum Gasteiger partial charge on any atom is -0.478 e. The van der Waals surface area contributed by atoms with Crippen molar-refractivity contribution in [2.45, 2.75) is 32.6 Å². The lowest BCUT2D eigenvalue weighted by molar-refractivity contribution is -0.131. The van der Waals surface area contributed by atoms with Gasteiger partial charge in [-0.05, 0) is 31.3 Å². The minimum atomic E-state index is -0.966. The van der Waals surface area contributed by atoms with Crippen LogP contribution in [-0.4, -0.2) is 34.1 Å². The molecule has 0 aromatic carbocycles. The van der Waals surface area contributed by atoms with Crippen LogP contribution in [0.5, 0.6) is 0 Å². The summed E-state index contributed by atoms with van der Waals surface area (Å²) in [6.45, 7) is 4.25. The van der Waals surface area contributed by atoms with E-state index >= 15 is 0 Å². The molecule has 1 saturated heterocycles. The van der Waals surface area contributed by atoms with Crippen LogP contribution in [-0.2, 0) is 4.79 Å². The van der Waals surface area contributed by atoms with Gasteiger partial charge in [0, 0.05) is 37.1 Å². The molecular weight excluding hydrogens is 254 g/mol. The van der Waals surface area contributed by atoms with Gasteiger partial charge in [0.05, 0.1) is 0 Å². The summed E-state index contributed by atoms with van der Waals surface area (Å²) in [6, 6.07) is 0. The number of carboxylic acid groups (broad SMARTS) is 1. The molecule has 0 bridgehead atoms. The molecule has 1 aliphatic rings. The van der Waals surface area contributed by atoms with Crippen molar-refractivity contribution >= 4 is 18.0 Å². The first-order valence-corrected chi connectivity index (χ1v) is 7.17. The van der Waals surface area contributed by atoms with E-state index in [4.69, 9.17) is 5.11 Å². The molecule has 0 saturated carbocycles. The topological polar surface area (TPSA) is 66.3 Å². The van der Waals surface area contributed by atoms with Crippen LogP contribution >= 0.6 is 0 Å². The second-order valence-electron chi connectivity index (χ2n) is 5.18. The number of rotatable bonds is 4. The SMILES string of the molecule is CCC1CCCN(c2ncc(/C=C/C(=O)O)cn2)CC1. The van der Waals surface area contributed by atoms with Gasteiger partial charge in [0.2, 0.25) is 5.95 Å². The summed E-state index contributed by atoms with van der Waals surface area (Å²) in [5.41, 5.74) is 0.706. The molecule has 5 nitrogen and oxygen atoms in total. The van der Waals surface area contributed by atoms with Gasteiger partial charge >= 0.3 is 5.97 Å². The van der Waals surface area contributed by atoms with E-state index in [9.17, 15) is 4.79 Å². The largest absolute Gasteiger partial charge is 0.478 e. The van der Waals surface area contributed by atoms with Gasteiger partial charge in [0.1, 0.15) is 0 Å². The van der Waals surface area contributed by atoms with Crippen LogP contribution in [0.15, 0.2) is 18.5 Å². The van der Waals surface area contributed by atoms with E-state index in [0.29, 0.717) is 5.56 Å². The van der Waals surface area contributed by atoms with Gasteiger partial charge in [0.15, 0.2) is 0 Å². The Labute approximate surface area is 119 Å². The van der Waals surface area contributed by atoms with E-state index in [1.54, 1.807) is 12.4 Å². The first-order chi connectivity index (χ1) is 9.69. The fourth-order valence-corrected chi connectivity index (χ4v) is 2.52. The molecule has 1 aromatic rings. The number of carboxylic acids is 1. The Hall–Kier alpha value is -1.91. The molecule has 2 rings (SSSR count). The average Bonchev–Trinajstić information content (AvgIpc) is 2.71. The Morgan fingerprint density at radius 3 is 2.80 bits per heavy atom. The number of aliphatic carboxylic acids is 1. The maximum absolute atomic E-state index is 10.4. The number of carbonyl (C=O) groups is 1. The van der Waals surface area contributed by atoms with Crippen LogP contribution in [0.4, 0.5) is 5.95 Å². The first-order valence-electron chi connectivity index (χ1n) is 7.17. The van der Waals surface area contributed by atoms with E-state index in [1.165, 1.54) is 31.8 Å². The maximum Gasteiger partial charge on any atom is 0.328 e. The fourth-order valence-electron chi connectivity index (χ4n) is 2.52. The van der Waals surface area contributed by atoms with Crippen molar-refractivity contribution in [3.05, 3.63) is 24.0 Å². The summed E-state index contributed by atoms with van der Waals surface area (Å²) >= 11 is 0. The van der Waals surface area contributed by atoms with Gasteiger partial charge in [0.25, 0.3) is 0 Å². The van der Waals surface area contributed by atoms with Crippen molar-refractivity contribution in [2.75, 3.05) is 18.0 Å². The molecule has 1 fully saturated rings. The lowest BCUT2D eigenvalue weighted by Crippen LogP contribution is -2.26. The average molecular weight is 275 g/mol. The second-order valence-corrected chi connectivity index (χ2v) is 5.18. The Morgan fingerprint density at radius 2 is 2.15 bits per heavy atom. The summed E-state index contributed by atoms with van der Waals surface area (Å²) in [5.74, 6) is 0.596. The molecule has 1 atom stereocenters. The normalized spacial score (nSPS) is 20.1. The molecule has 1 N–H and O–H groups in total. The van der Waals surface area contributed by atoms with Crippen LogP contribution in [0, 0.1) is 5.92 Å². The van der Waals surface area contributed by atoms with E-state index in [-0.39, 0.29) is 0 Å². The summed E-state index contributed by atoms with van der Waals surface area (Å²) in [7, 11) is 0. The van der Waals surface area contributed by atoms with Crippen LogP contribution in [0.3, 0.4) is 0 Å². The predicted molar refractivity (Wildman–Crippen MR) is 78.5 cm³/mol. The van der Waals surface area contributed by atoms with Gasteiger partial charge in [-0.15, -0.1) is 0 Å². The molecule has 1 aliphatic heterocycles. The zero-order chi connectivity index (χ0) is 14.4. The smallest absolute Gasteiger partial charge is 0.328 e.